The Hall–Kier alpha value is -2.43. The van der Waals surface area contributed by atoms with Crippen molar-refractivity contribution in [1.29, 1.82) is 0 Å². The molecule has 3 N–H and O–H groups in total. The van der Waals surface area contributed by atoms with Gasteiger partial charge in [-0.05, 0) is 12.1 Å². The average Bonchev–Trinajstić information content (AvgIpc) is 2.76. The van der Waals surface area contributed by atoms with E-state index in [0.29, 0.717) is 22.6 Å². The molecule has 17 heavy (non-hydrogen) atoms. The van der Waals surface area contributed by atoms with Crippen molar-refractivity contribution in [3.63, 3.8) is 0 Å². The number of nitrogens with one attached hydrogen (secondary N) is 1. The summed E-state index contributed by atoms with van der Waals surface area (Å²) in [6, 6.07) is 8.10. The quantitative estimate of drug-likeness (QED) is 0.671. The van der Waals surface area contributed by atoms with E-state index in [9.17, 15) is 4.39 Å². The number of imidazole rings is 1. The van der Waals surface area contributed by atoms with Gasteiger partial charge in [-0.1, -0.05) is 12.1 Å². The summed E-state index contributed by atoms with van der Waals surface area (Å²) in [5, 5.41) is 0. The van der Waals surface area contributed by atoms with E-state index >= 15 is 0 Å². The van der Waals surface area contributed by atoms with E-state index in [1.807, 2.05) is 0 Å². The van der Waals surface area contributed by atoms with Crippen molar-refractivity contribution < 1.29 is 4.39 Å². The lowest BCUT2D eigenvalue weighted by atomic mass is 10.1. The number of nitrogens with two attached hydrogens (primary N) is 1. The van der Waals surface area contributed by atoms with Crippen LogP contribution in [0.25, 0.3) is 22.3 Å². The van der Waals surface area contributed by atoms with Crippen LogP contribution in [0, 0.1) is 5.82 Å². The maximum atomic E-state index is 13.7. The minimum Gasteiger partial charge on any atom is -0.384 e. The fraction of sp³-hybridized carbons (Fsp3) is 0. The van der Waals surface area contributed by atoms with Crippen molar-refractivity contribution >= 4 is 16.9 Å². The number of halogens is 1. The van der Waals surface area contributed by atoms with Crippen molar-refractivity contribution in [2.75, 3.05) is 5.73 Å². The van der Waals surface area contributed by atoms with Crippen molar-refractivity contribution in [2.24, 2.45) is 0 Å². The minimum atomic E-state index is -0.338. The Labute approximate surface area is 96.3 Å². The molecule has 0 spiro atoms. The number of nitrogen functional groups attached to an aromatic ring is 1. The third kappa shape index (κ3) is 1.52. The Kier molecular flexibility index (Phi) is 2.04. The number of anilines is 1. The molecule has 3 rings (SSSR count). The number of hydrogen-bond donors (Lipinski definition) is 2. The smallest absolute Gasteiger partial charge is 0.132 e. The van der Waals surface area contributed by atoms with Gasteiger partial charge in [0.05, 0.1) is 11.8 Å². The number of pyridine rings is 1. The zero-order chi connectivity index (χ0) is 11.8. The van der Waals surface area contributed by atoms with Crippen molar-refractivity contribution in [2.45, 2.75) is 0 Å². The molecule has 0 aliphatic carbocycles. The molecule has 4 nitrogen and oxygen atoms in total. The van der Waals surface area contributed by atoms with E-state index in [1.165, 1.54) is 12.4 Å². The van der Waals surface area contributed by atoms with Gasteiger partial charge in [0.1, 0.15) is 22.8 Å². The van der Waals surface area contributed by atoms with Crippen molar-refractivity contribution in [1.82, 2.24) is 15.0 Å². The molecule has 1 aromatic carbocycles. The van der Waals surface area contributed by atoms with Crippen LogP contribution < -0.4 is 5.73 Å². The molecule has 0 fully saturated rings. The Morgan fingerprint density at radius 1 is 1.24 bits per heavy atom. The number of fused-ring (bicyclic) bond motifs is 1. The van der Waals surface area contributed by atoms with Gasteiger partial charge in [-0.15, -0.1) is 0 Å². The second kappa shape index (κ2) is 3.55. The molecular weight excluding hydrogens is 219 g/mol. The normalized spacial score (nSPS) is 10.9. The molecule has 2 heterocycles. The second-order valence-electron chi connectivity index (χ2n) is 3.67. The first-order valence-electron chi connectivity index (χ1n) is 5.10. The van der Waals surface area contributed by atoms with Crippen LogP contribution in [0.3, 0.4) is 0 Å². The number of benzene rings is 1. The lowest BCUT2D eigenvalue weighted by Crippen LogP contribution is -1.95. The van der Waals surface area contributed by atoms with Crippen LogP contribution in [-0.2, 0) is 0 Å². The predicted octanol–water partition coefficient (Wildman–Crippen LogP) is 2.35. The van der Waals surface area contributed by atoms with Crippen LogP contribution in [0.1, 0.15) is 0 Å². The third-order valence-electron chi connectivity index (χ3n) is 2.56. The summed E-state index contributed by atoms with van der Waals surface area (Å²) in [6.07, 6.45) is 1.54. The first kappa shape index (κ1) is 9.77. The third-order valence-corrected chi connectivity index (χ3v) is 2.56. The van der Waals surface area contributed by atoms with Gasteiger partial charge in [-0.2, -0.15) is 0 Å². The topological polar surface area (TPSA) is 67.6 Å². The van der Waals surface area contributed by atoms with Crippen LogP contribution in [0.2, 0.25) is 0 Å². The van der Waals surface area contributed by atoms with Crippen LogP contribution in [0.4, 0.5) is 10.2 Å². The molecular formula is C12H9FN4. The molecule has 0 saturated heterocycles. The van der Waals surface area contributed by atoms with Gasteiger partial charge in [0, 0.05) is 11.6 Å². The summed E-state index contributed by atoms with van der Waals surface area (Å²) >= 11 is 0. The summed E-state index contributed by atoms with van der Waals surface area (Å²) in [5.74, 6) is -0.00472. The Morgan fingerprint density at radius 2 is 2.06 bits per heavy atom. The minimum absolute atomic E-state index is 0.333. The number of H-pyrrole nitrogens is 1. The molecule has 0 aliphatic rings. The zero-order valence-electron chi connectivity index (χ0n) is 8.81. The number of hydrogen-bond acceptors (Lipinski definition) is 3. The van der Waals surface area contributed by atoms with Gasteiger partial charge in [0.25, 0.3) is 0 Å². The van der Waals surface area contributed by atoms with Gasteiger partial charge in [0.15, 0.2) is 0 Å². The largest absolute Gasteiger partial charge is 0.384 e. The highest BCUT2D eigenvalue weighted by Gasteiger charge is 2.12. The predicted molar refractivity (Wildman–Crippen MR) is 63.7 cm³/mol. The standard InChI is InChI=1S/C12H9FN4/c13-8-4-2-1-3-7(8)11-12-9(15-6-16-12)5-10(14)17-11/h1-6H,(H2,14,17)(H,15,16). The summed E-state index contributed by atoms with van der Waals surface area (Å²) in [4.78, 5) is 11.2. The summed E-state index contributed by atoms with van der Waals surface area (Å²) < 4.78 is 13.7. The first-order chi connectivity index (χ1) is 8.25. The highest BCUT2D eigenvalue weighted by Crippen LogP contribution is 2.27. The fourth-order valence-corrected chi connectivity index (χ4v) is 1.81. The van der Waals surface area contributed by atoms with E-state index in [0.717, 1.165) is 5.52 Å². The van der Waals surface area contributed by atoms with E-state index in [4.69, 9.17) is 5.73 Å². The number of nitrogens with zero attached hydrogens (tertiary/aromatic N) is 2. The maximum absolute atomic E-state index is 13.7. The van der Waals surface area contributed by atoms with Crippen LogP contribution in [-0.4, -0.2) is 15.0 Å². The van der Waals surface area contributed by atoms with Crippen LogP contribution in [0.15, 0.2) is 36.7 Å². The van der Waals surface area contributed by atoms with E-state index < -0.39 is 0 Å². The second-order valence-corrected chi connectivity index (χ2v) is 3.67. The van der Waals surface area contributed by atoms with Gasteiger partial charge >= 0.3 is 0 Å². The fourth-order valence-electron chi connectivity index (χ4n) is 1.81. The van der Waals surface area contributed by atoms with Gasteiger partial charge < -0.3 is 10.7 Å². The number of aromatic amines is 1. The monoisotopic (exact) mass is 228 g/mol. The average molecular weight is 228 g/mol. The molecule has 5 heteroatoms. The maximum Gasteiger partial charge on any atom is 0.132 e. The van der Waals surface area contributed by atoms with E-state index in [2.05, 4.69) is 15.0 Å². The van der Waals surface area contributed by atoms with Gasteiger partial charge in [-0.3, -0.25) is 0 Å². The lowest BCUT2D eigenvalue weighted by Gasteiger charge is -2.04. The number of aromatic nitrogens is 3. The Morgan fingerprint density at radius 3 is 2.88 bits per heavy atom. The van der Waals surface area contributed by atoms with E-state index in [1.54, 1.807) is 24.3 Å². The molecule has 2 aromatic heterocycles. The molecule has 0 unspecified atom stereocenters. The van der Waals surface area contributed by atoms with E-state index in [-0.39, 0.29) is 5.82 Å². The molecule has 0 aliphatic heterocycles. The van der Waals surface area contributed by atoms with Gasteiger partial charge in [-0.25, -0.2) is 14.4 Å². The molecule has 0 amide bonds. The lowest BCUT2D eigenvalue weighted by molar-refractivity contribution is 0.631. The molecule has 0 atom stereocenters. The van der Waals surface area contributed by atoms with Crippen LogP contribution >= 0.6 is 0 Å². The summed E-state index contributed by atoms with van der Waals surface area (Å²) in [7, 11) is 0. The molecule has 0 saturated carbocycles. The van der Waals surface area contributed by atoms with Crippen LogP contribution in [0.5, 0.6) is 0 Å². The first-order valence-corrected chi connectivity index (χ1v) is 5.10. The van der Waals surface area contributed by atoms with Crippen molar-refractivity contribution in [3.05, 3.63) is 42.5 Å². The Balaban J connectivity index is 2.37. The highest BCUT2D eigenvalue weighted by molar-refractivity contribution is 5.91. The zero-order valence-corrected chi connectivity index (χ0v) is 8.81. The SMILES string of the molecule is Nc1cc2[nH]cnc2c(-c2ccccc2F)n1. The van der Waals surface area contributed by atoms with Gasteiger partial charge in [0.2, 0.25) is 0 Å². The number of rotatable bonds is 1. The summed E-state index contributed by atoms with van der Waals surface area (Å²) in [6.45, 7) is 0. The van der Waals surface area contributed by atoms with Crippen molar-refractivity contribution in [3.8, 4) is 11.3 Å². The summed E-state index contributed by atoms with van der Waals surface area (Å²) in [5.41, 5.74) is 7.91. The molecule has 84 valence electrons. The molecule has 3 aromatic rings. The highest BCUT2D eigenvalue weighted by atomic mass is 19.1. The molecule has 0 radical (unpaired) electrons. The molecule has 0 bridgehead atoms. The Bertz CT molecular complexity index is 690.